The lowest BCUT2D eigenvalue weighted by molar-refractivity contribution is -0.962. The Bertz CT molecular complexity index is 2670. The van der Waals surface area contributed by atoms with Crippen molar-refractivity contribution in [2.45, 2.75) is 24.3 Å². The second-order valence-electron chi connectivity index (χ2n) is 14.6. The molecule has 4 unspecified atom stereocenters. The standard InChI is InChI=1S/C50H37N3S/c1-4-14-33(15-5-1)39-21-12-23-43-44-24-13-22-40(48(44)54-47(39)43)36-26-31-42-41-20-10-11-25-45(41)52(46(42)32-36)37-27-29-38(30-28-37)53-49(34-16-6-2-7-17-34)51-50(53)35-18-8-3-9-19-35/h1-32,42,46,49-51H/p+1. The Labute approximate surface area is 319 Å². The average molecular weight is 713 g/mol. The molecule has 0 bridgehead atoms. The molecule has 3 heterocycles. The molecule has 3 nitrogen and oxygen atoms in total. The number of thiophene rings is 1. The number of nitrogens with one attached hydrogen (secondary N) is 2. The number of rotatable bonds is 6. The largest absolute Gasteiger partial charge is 0.333 e. The van der Waals surface area contributed by atoms with Gasteiger partial charge < -0.3 is 4.90 Å². The maximum Gasteiger partial charge on any atom is 0.178 e. The first-order chi connectivity index (χ1) is 26.8. The summed E-state index contributed by atoms with van der Waals surface area (Å²) in [6, 6.07) is 64.6. The number of nitrogens with zero attached hydrogens (tertiary/aromatic N) is 1. The lowest BCUT2D eigenvalue weighted by Gasteiger charge is -2.45. The fourth-order valence-electron chi connectivity index (χ4n) is 9.13. The van der Waals surface area contributed by atoms with Gasteiger partial charge in [-0.15, -0.1) is 11.3 Å². The van der Waals surface area contributed by atoms with Crippen LogP contribution >= 0.6 is 11.3 Å². The minimum atomic E-state index is 0.171. The van der Waals surface area contributed by atoms with Crippen molar-refractivity contribution in [3.8, 4) is 11.1 Å². The van der Waals surface area contributed by atoms with Gasteiger partial charge in [-0.05, 0) is 46.0 Å². The van der Waals surface area contributed by atoms with E-state index in [4.69, 9.17) is 0 Å². The van der Waals surface area contributed by atoms with Crippen molar-refractivity contribution in [1.82, 2.24) is 5.32 Å². The number of hydrogen-bond donors (Lipinski definition) is 2. The number of anilines is 2. The lowest BCUT2D eigenvalue weighted by Crippen LogP contribution is -3.19. The molecule has 1 aromatic heterocycles. The van der Waals surface area contributed by atoms with Crippen LogP contribution in [0, 0.1) is 0 Å². The summed E-state index contributed by atoms with van der Waals surface area (Å²) in [4.78, 5) is 3.99. The molecule has 3 aliphatic rings. The molecule has 4 heteroatoms. The first kappa shape index (κ1) is 31.5. The van der Waals surface area contributed by atoms with Crippen molar-refractivity contribution in [3.63, 3.8) is 0 Å². The molecule has 1 aliphatic carbocycles. The molecule has 11 rings (SSSR count). The summed E-state index contributed by atoms with van der Waals surface area (Å²) < 4.78 is 2.70. The van der Waals surface area contributed by atoms with Gasteiger partial charge in [0.05, 0.1) is 6.04 Å². The number of para-hydroxylation sites is 1. The van der Waals surface area contributed by atoms with E-state index in [1.807, 2.05) is 11.3 Å². The molecule has 1 saturated heterocycles. The van der Waals surface area contributed by atoms with Gasteiger partial charge in [-0.1, -0.05) is 164 Å². The first-order valence-corrected chi connectivity index (χ1v) is 19.7. The van der Waals surface area contributed by atoms with Crippen molar-refractivity contribution >= 4 is 54.1 Å². The Morgan fingerprint density at radius 1 is 0.537 bits per heavy atom. The van der Waals surface area contributed by atoms with Gasteiger partial charge in [-0.25, -0.2) is 5.32 Å². The van der Waals surface area contributed by atoms with Gasteiger partial charge >= 0.3 is 0 Å². The molecule has 0 radical (unpaired) electrons. The molecule has 7 aromatic carbocycles. The molecule has 2 N–H and O–H groups in total. The number of quaternary nitrogens is 1. The third-order valence-electron chi connectivity index (χ3n) is 11.7. The van der Waals surface area contributed by atoms with E-state index in [2.05, 4.69) is 204 Å². The predicted molar refractivity (Wildman–Crippen MR) is 226 cm³/mol. The van der Waals surface area contributed by atoms with E-state index in [-0.39, 0.29) is 24.3 Å². The van der Waals surface area contributed by atoms with Gasteiger partial charge in [0.1, 0.15) is 5.69 Å². The zero-order chi connectivity index (χ0) is 35.6. The van der Waals surface area contributed by atoms with Crippen LogP contribution in [0.1, 0.15) is 40.5 Å². The number of allylic oxidation sites excluding steroid dienone is 2. The average Bonchev–Trinajstić information content (AvgIpc) is 3.78. The molecule has 2 aliphatic heterocycles. The van der Waals surface area contributed by atoms with Crippen molar-refractivity contribution in [2.75, 3.05) is 4.90 Å². The number of fused-ring (bicyclic) bond motifs is 6. The smallest absolute Gasteiger partial charge is 0.178 e. The molecule has 0 spiro atoms. The summed E-state index contributed by atoms with van der Waals surface area (Å²) in [6.07, 6.45) is 7.72. The van der Waals surface area contributed by atoms with E-state index in [1.54, 1.807) is 0 Å². The highest BCUT2D eigenvalue weighted by molar-refractivity contribution is 7.26. The highest BCUT2D eigenvalue weighted by Crippen LogP contribution is 2.50. The second kappa shape index (κ2) is 12.8. The summed E-state index contributed by atoms with van der Waals surface area (Å²) in [7, 11) is 0. The van der Waals surface area contributed by atoms with Crippen LogP contribution in [-0.2, 0) is 0 Å². The molecule has 54 heavy (non-hydrogen) atoms. The van der Waals surface area contributed by atoms with Crippen LogP contribution in [0.25, 0.3) is 36.9 Å². The monoisotopic (exact) mass is 712 g/mol. The van der Waals surface area contributed by atoms with E-state index in [1.165, 1.54) is 81.1 Å². The van der Waals surface area contributed by atoms with Gasteiger partial charge in [0.2, 0.25) is 0 Å². The van der Waals surface area contributed by atoms with Crippen molar-refractivity contribution in [2.24, 2.45) is 0 Å². The van der Waals surface area contributed by atoms with Gasteiger partial charge in [-0.2, -0.15) is 0 Å². The fraction of sp³-hybridized carbons (Fsp3) is 0.0800. The van der Waals surface area contributed by atoms with Gasteiger partial charge in [0.25, 0.3) is 0 Å². The Balaban J connectivity index is 0.978. The summed E-state index contributed by atoms with van der Waals surface area (Å²) >= 11 is 1.93. The lowest BCUT2D eigenvalue weighted by atomic mass is 9.86. The third-order valence-corrected chi connectivity index (χ3v) is 13.0. The van der Waals surface area contributed by atoms with E-state index >= 15 is 0 Å². The van der Waals surface area contributed by atoms with Crippen LogP contribution in [0.2, 0.25) is 0 Å². The van der Waals surface area contributed by atoms with Crippen LogP contribution in [0.5, 0.6) is 0 Å². The normalized spacial score (nSPS) is 21.4. The third kappa shape index (κ3) is 5.03. The van der Waals surface area contributed by atoms with E-state index in [0.29, 0.717) is 0 Å². The fourth-order valence-corrected chi connectivity index (χ4v) is 10.5. The van der Waals surface area contributed by atoms with Crippen molar-refractivity contribution in [1.29, 1.82) is 0 Å². The molecule has 0 amide bonds. The Morgan fingerprint density at radius 3 is 1.81 bits per heavy atom. The summed E-state index contributed by atoms with van der Waals surface area (Å²) in [5.41, 5.74) is 12.9. The van der Waals surface area contributed by atoms with Crippen LogP contribution in [0.15, 0.2) is 194 Å². The summed E-state index contributed by atoms with van der Waals surface area (Å²) in [6.45, 7) is 0. The van der Waals surface area contributed by atoms with Crippen LogP contribution in [0.3, 0.4) is 0 Å². The SMILES string of the molecule is C1=CC2c3ccccc3N(c3ccc([NH+]4C(c5ccccc5)NC4c4ccccc4)cc3)C2C=C1c1cccc2c1sc1c(-c3ccccc3)cccc12. The molecular weight excluding hydrogens is 675 g/mol. The molecule has 8 aromatic rings. The highest BCUT2D eigenvalue weighted by atomic mass is 32.1. The highest BCUT2D eigenvalue weighted by Gasteiger charge is 2.46. The minimum absolute atomic E-state index is 0.171. The van der Waals surface area contributed by atoms with E-state index < -0.39 is 0 Å². The topological polar surface area (TPSA) is 19.7 Å². The zero-order valence-corrected chi connectivity index (χ0v) is 30.5. The van der Waals surface area contributed by atoms with Crippen molar-refractivity contribution in [3.05, 3.63) is 216 Å². The Kier molecular flexibility index (Phi) is 7.47. The van der Waals surface area contributed by atoms with E-state index in [0.717, 1.165) is 0 Å². The zero-order valence-electron chi connectivity index (χ0n) is 29.6. The van der Waals surface area contributed by atoms with E-state index in [9.17, 15) is 0 Å². The molecule has 0 saturated carbocycles. The van der Waals surface area contributed by atoms with Crippen LogP contribution in [0.4, 0.5) is 17.1 Å². The van der Waals surface area contributed by atoms with Gasteiger partial charge in [-0.3, -0.25) is 4.90 Å². The minimum Gasteiger partial charge on any atom is -0.333 e. The molecular formula is C50H38N3S+. The quantitative estimate of drug-likeness (QED) is 0.179. The number of benzene rings is 7. The first-order valence-electron chi connectivity index (χ1n) is 18.9. The molecule has 1 fully saturated rings. The van der Waals surface area contributed by atoms with Crippen molar-refractivity contribution < 1.29 is 4.90 Å². The molecule has 4 atom stereocenters. The molecule has 258 valence electrons. The summed E-state index contributed by atoms with van der Waals surface area (Å²) in [5.74, 6) is 0.283. The van der Waals surface area contributed by atoms with Crippen LogP contribution < -0.4 is 15.1 Å². The van der Waals surface area contributed by atoms with Crippen LogP contribution in [-0.4, -0.2) is 6.04 Å². The maximum atomic E-state index is 3.87. The van der Waals surface area contributed by atoms with Gasteiger partial charge in [0, 0.05) is 60.7 Å². The predicted octanol–water partition coefficient (Wildman–Crippen LogP) is 11.5. The Morgan fingerprint density at radius 2 is 1.13 bits per heavy atom. The number of hydrogen-bond acceptors (Lipinski definition) is 3. The maximum absolute atomic E-state index is 3.87. The Hall–Kier alpha value is -6.04. The second-order valence-corrected chi connectivity index (χ2v) is 15.6. The summed E-state index contributed by atoms with van der Waals surface area (Å²) in [5, 5.41) is 6.53. The van der Waals surface area contributed by atoms with Gasteiger partial charge in [0.15, 0.2) is 12.3 Å².